The molecule has 0 aliphatic heterocycles. The van der Waals surface area contributed by atoms with Gasteiger partial charge in [-0.1, -0.05) is 6.92 Å². The van der Waals surface area contributed by atoms with Gasteiger partial charge < -0.3 is 16.4 Å². The Hall–Kier alpha value is -3.25. The molecule has 0 bridgehead atoms. The van der Waals surface area contributed by atoms with Crippen molar-refractivity contribution in [3.8, 4) is 6.07 Å². The number of pyridine rings is 1. The van der Waals surface area contributed by atoms with Gasteiger partial charge in [0, 0.05) is 17.0 Å². The lowest BCUT2D eigenvalue weighted by Crippen LogP contribution is -2.35. The van der Waals surface area contributed by atoms with Crippen LogP contribution in [-0.4, -0.2) is 26.9 Å². The van der Waals surface area contributed by atoms with Crippen LogP contribution in [0.15, 0.2) is 29.9 Å². The average molecular weight is 353 g/mol. The normalized spacial score (nSPS) is 11.7. The van der Waals surface area contributed by atoms with Crippen LogP contribution < -0.4 is 16.4 Å². The quantitative estimate of drug-likeness (QED) is 0.620. The van der Waals surface area contributed by atoms with Crippen LogP contribution in [0.1, 0.15) is 18.9 Å². The third-order valence-electron chi connectivity index (χ3n) is 3.57. The largest absolute Gasteiger partial charge is 0.368 e. The Morgan fingerprint density at radius 2 is 2.32 bits per heavy atom. The Morgan fingerprint density at radius 1 is 1.48 bits per heavy atom. The van der Waals surface area contributed by atoms with E-state index in [1.807, 2.05) is 24.4 Å². The molecule has 0 unspecified atom stereocenters. The summed E-state index contributed by atoms with van der Waals surface area (Å²) in [6.45, 7) is 1.83. The van der Waals surface area contributed by atoms with Crippen molar-refractivity contribution in [1.82, 2.24) is 15.0 Å². The first-order valence-corrected chi connectivity index (χ1v) is 8.42. The monoisotopic (exact) mass is 353 g/mol. The summed E-state index contributed by atoms with van der Waals surface area (Å²) in [7, 11) is 0. The molecule has 1 amide bonds. The minimum Gasteiger partial charge on any atom is -0.368 e. The summed E-state index contributed by atoms with van der Waals surface area (Å²) in [5, 5.41) is 18.2. The minimum atomic E-state index is -0.577. The zero-order valence-electron chi connectivity index (χ0n) is 13.4. The molecule has 25 heavy (non-hydrogen) atoms. The maximum absolute atomic E-state index is 11.4. The number of hydrogen-bond donors (Lipinski definition) is 3. The first-order chi connectivity index (χ1) is 12.1. The van der Waals surface area contributed by atoms with E-state index >= 15 is 0 Å². The average Bonchev–Trinajstić information content (AvgIpc) is 3.03. The van der Waals surface area contributed by atoms with Crippen molar-refractivity contribution in [3.05, 3.63) is 35.5 Å². The molecule has 4 N–H and O–H groups in total. The number of aromatic nitrogens is 3. The number of thiophene rings is 1. The van der Waals surface area contributed by atoms with Gasteiger partial charge in [-0.25, -0.2) is 9.97 Å². The molecular weight excluding hydrogens is 338 g/mol. The number of rotatable bonds is 6. The Morgan fingerprint density at radius 3 is 3.04 bits per heavy atom. The number of amides is 1. The van der Waals surface area contributed by atoms with Gasteiger partial charge in [0.05, 0.1) is 11.9 Å². The molecular formula is C16H15N7OS. The maximum Gasteiger partial charge on any atom is 0.239 e. The van der Waals surface area contributed by atoms with Gasteiger partial charge in [-0.3, -0.25) is 4.79 Å². The summed E-state index contributed by atoms with van der Waals surface area (Å²) in [5.74, 6) is 0.0903. The van der Waals surface area contributed by atoms with Gasteiger partial charge in [0.1, 0.15) is 22.5 Å². The molecule has 3 rings (SSSR count). The molecule has 0 aliphatic rings. The highest BCUT2D eigenvalue weighted by Gasteiger charge is 2.16. The number of nitrogens with two attached hydrogens (primary N) is 1. The number of primary amides is 1. The van der Waals surface area contributed by atoms with Gasteiger partial charge in [0.25, 0.3) is 0 Å². The summed E-state index contributed by atoms with van der Waals surface area (Å²) in [6, 6.07) is 5.26. The van der Waals surface area contributed by atoms with Crippen molar-refractivity contribution in [2.45, 2.75) is 19.4 Å². The molecule has 0 aliphatic carbocycles. The molecule has 0 saturated carbocycles. The lowest BCUT2D eigenvalue weighted by atomic mass is 10.2. The van der Waals surface area contributed by atoms with Crippen molar-refractivity contribution in [2.24, 2.45) is 5.73 Å². The SMILES string of the molecule is CC[C@@H](Nc1ncc(C#N)c(Nc2csc3ncccc23)n1)C(N)=O. The number of carbonyl (C=O) groups is 1. The van der Waals surface area contributed by atoms with Crippen molar-refractivity contribution in [3.63, 3.8) is 0 Å². The van der Waals surface area contributed by atoms with E-state index in [2.05, 4.69) is 31.7 Å². The van der Waals surface area contributed by atoms with Gasteiger partial charge in [-0.05, 0) is 18.6 Å². The predicted molar refractivity (Wildman–Crippen MR) is 96.5 cm³/mol. The van der Waals surface area contributed by atoms with E-state index in [1.165, 1.54) is 17.5 Å². The van der Waals surface area contributed by atoms with Gasteiger partial charge in [-0.2, -0.15) is 10.2 Å². The van der Waals surface area contributed by atoms with Crippen molar-refractivity contribution in [2.75, 3.05) is 10.6 Å². The van der Waals surface area contributed by atoms with Crippen LogP contribution >= 0.6 is 11.3 Å². The van der Waals surface area contributed by atoms with E-state index in [-0.39, 0.29) is 5.95 Å². The molecule has 0 aromatic carbocycles. The standard InChI is InChI=1S/C16H15N7OS/c1-2-11(13(18)24)22-16-20-7-9(6-17)14(23-16)21-12-8-25-15-10(12)4-3-5-19-15/h3-5,7-8,11H,2H2,1H3,(H2,18,24)(H2,20,21,22,23)/t11-/m1/s1. The Bertz CT molecular complexity index is 963. The zero-order chi connectivity index (χ0) is 17.8. The van der Waals surface area contributed by atoms with Crippen LogP contribution in [-0.2, 0) is 4.79 Å². The topological polar surface area (TPSA) is 130 Å². The first-order valence-electron chi connectivity index (χ1n) is 7.54. The van der Waals surface area contributed by atoms with E-state index in [4.69, 9.17) is 5.73 Å². The highest BCUT2D eigenvalue weighted by atomic mass is 32.1. The Balaban J connectivity index is 1.93. The van der Waals surface area contributed by atoms with E-state index in [9.17, 15) is 10.1 Å². The molecule has 9 heteroatoms. The number of nitriles is 1. The van der Waals surface area contributed by atoms with Crippen LogP contribution in [0.2, 0.25) is 0 Å². The second-order valence-corrected chi connectivity index (χ2v) is 6.06. The molecule has 8 nitrogen and oxygen atoms in total. The summed E-state index contributed by atoms with van der Waals surface area (Å²) in [6.07, 6.45) is 3.63. The molecule has 3 aromatic heterocycles. The second-order valence-electron chi connectivity index (χ2n) is 5.21. The Labute approximate surface area is 147 Å². The number of carbonyl (C=O) groups excluding carboxylic acids is 1. The summed E-state index contributed by atoms with van der Waals surface area (Å²) in [4.78, 5) is 24.9. The first kappa shape index (κ1) is 16.6. The number of nitrogens with zero attached hydrogens (tertiary/aromatic N) is 4. The van der Waals surface area contributed by atoms with Crippen molar-refractivity contribution >= 4 is 44.9 Å². The molecule has 0 saturated heterocycles. The molecule has 0 spiro atoms. The maximum atomic E-state index is 11.4. The summed E-state index contributed by atoms with van der Waals surface area (Å²) < 4.78 is 0. The fourth-order valence-corrected chi connectivity index (χ4v) is 3.09. The van der Waals surface area contributed by atoms with Gasteiger partial charge in [-0.15, -0.1) is 11.3 Å². The van der Waals surface area contributed by atoms with Crippen LogP contribution in [0.5, 0.6) is 0 Å². The van der Waals surface area contributed by atoms with Crippen molar-refractivity contribution < 1.29 is 4.79 Å². The van der Waals surface area contributed by atoms with Crippen LogP contribution in [0.4, 0.5) is 17.5 Å². The smallest absolute Gasteiger partial charge is 0.239 e. The molecule has 0 radical (unpaired) electrons. The molecule has 3 heterocycles. The number of nitrogens with one attached hydrogen (secondary N) is 2. The summed E-state index contributed by atoms with van der Waals surface area (Å²) in [5.41, 5.74) is 6.43. The third-order valence-corrected chi connectivity index (χ3v) is 4.47. The molecule has 126 valence electrons. The van der Waals surface area contributed by atoms with Gasteiger partial charge >= 0.3 is 0 Å². The molecule has 3 aromatic rings. The predicted octanol–water partition coefficient (Wildman–Crippen LogP) is 2.38. The minimum absolute atomic E-state index is 0.227. The van der Waals surface area contributed by atoms with E-state index in [0.29, 0.717) is 17.8 Å². The fourth-order valence-electron chi connectivity index (χ4n) is 2.25. The molecule has 1 atom stereocenters. The number of hydrogen-bond acceptors (Lipinski definition) is 8. The van der Waals surface area contributed by atoms with E-state index in [0.717, 1.165) is 15.9 Å². The third kappa shape index (κ3) is 3.49. The highest BCUT2D eigenvalue weighted by molar-refractivity contribution is 7.17. The fraction of sp³-hybridized carbons (Fsp3) is 0.188. The van der Waals surface area contributed by atoms with Crippen molar-refractivity contribution in [1.29, 1.82) is 5.26 Å². The van der Waals surface area contributed by atoms with E-state index in [1.54, 1.807) is 6.20 Å². The molecule has 0 fully saturated rings. The van der Waals surface area contributed by atoms with Crippen LogP contribution in [0.25, 0.3) is 10.2 Å². The number of anilines is 3. The lowest BCUT2D eigenvalue weighted by molar-refractivity contribution is -0.118. The van der Waals surface area contributed by atoms with Crippen LogP contribution in [0, 0.1) is 11.3 Å². The highest BCUT2D eigenvalue weighted by Crippen LogP contribution is 2.31. The van der Waals surface area contributed by atoms with E-state index < -0.39 is 11.9 Å². The van der Waals surface area contributed by atoms with Gasteiger partial charge in [0.15, 0.2) is 5.82 Å². The lowest BCUT2D eigenvalue weighted by Gasteiger charge is -2.14. The van der Waals surface area contributed by atoms with Crippen LogP contribution in [0.3, 0.4) is 0 Å². The number of fused-ring (bicyclic) bond motifs is 1. The zero-order valence-corrected chi connectivity index (χ0v) is 14.2. The Kier molecular flexibility index (Phi) is 4.72. The van der Waals surface area contributed by atoms with Gasteiger partial charge in [0.2, 0.25) is 11.9 Å². The summed E-state index contributed by atoms with van der Waals surface area (Å²) >= 11 is 1.49. The second kappa shape index (κ2) is 7.11.